The Kier molecular flexibility index (Phi) is 12.0. The Morgan fingerprint density at radius 3 is 2.38 bits per heavy atom. The number of guanidine groups is 1. The molecular formula is C14H28F3IN4O3S. The molecule has 0 spiro atoms. The van der Waals surface area contributed by atoms with Crippen molar-refractivity contribution in [2.45, 2.75) is 44.2 Å². The van der Waals surface area contributed by atoms with Crippen LogP contribution in [0.2, 0.25) is 0 Å². The number of hydrogen-bond acceptors (Lipinski definition) is 4. The lowest BCUT2D eigenvalue weighted by Gasteiger charge is -2.32. The predicted octanol–water partition coefficient (Wildman–Crippen LogP) is 1.90. The highest BCUT2D eigenvalue weighted by Crippen LogP contribution is 2.28. The molecule has 2 N–H and O–H groups in total. The molecule has 0 amide bonds. The SMILES string of the molecule is CCOCCCCNC(=NC)NC1CCN(S(=O)(=O)C(F)(F)F)CC1.I. The van der Waals surface area contributed by atoms with E-state index >= 15 is 0 Å². The molecule has 1 rings (SSSR count). The first kappa shape index (κ1) is 25.7. The molecule has 0 unspecified atom stereocenters. The molecule has 1 aliphatic rings. The number of halogens is 4. The van der Waals surface area contributed by atoms with Crippen molar-refractivity contribution in [2.75, 3.05) is 39.9 Å². The quantitative estimate of drug-likeness (QED) is 0.223. The highest BCUT2D eigenvalue weighted by molar-refractivity contribution is 14.0. The van der Waals surface area contributed by atoms with Crippen molar-refractivity contribution < 1.29 is 26.3 Å². The monoisotopic (exact) mass is 516 g/mol. The van der Waals surface area contributed by atoms with Crippen molar-refractivity contribution in [3.63, 3.8) is 0 Å². The maximum absolute atomic E-state index is 12.5. The van der Waals surface area contributed by atoms with Gasteiger partial charge in [-0.1, -0.05) is 0 Å². The molecule has 1 heterocycles. The zero-order valence-electron chi connectivity index (χ0n) is 15.0. The van der Waals surface area contributed by atoms with Crippen LogP contribution in [0, 0.1) is 0 Å². The molecule has 7 nitrogen and oxygen atoms in total. The normalized spacial score (nSPS) is 17.7. The van der Waals surface area contributed by atoms with Gasteiger partial charge >= 0.3 is 15.5 Å². The van der Waals surface area contributed by atoms with Crippen molar-refractivity contribution >= 4 is 40.0 Å². The van der Waals surface area contributed by atoms with Crippen LogP contribution in [0.5, 0.6) is 0 Å². The topological polar surface area (TPSA) is 83.0 Å². The van der Waals surface area contributed by atoms with Crippen LogP contribution in [0.25, 0.3) is 0 Å². The highest BCUT2D eigenvalue weighted by atomic mass is 127. The number of unbranched alkanes of at least 4 members (excludes halogenated alkanes) is 1. The first-order valence-electron chi connectivity index (χ1n) is 8.33. The second-order valence-corrected chi connectivity index (χ2v) is 7.60. The van der Waals surface area contributed by atoms with Gasteiger partial charge in [-0.15, -0.1) is 24.0 Å². The number of rotatable bonds is 8. The molecule has 12 heteroatoms. The Bertz CT molecular complexity index is 524. The number of aliphatic imine (C=N–C) groups is 1. The third-order valence-corrected chi connectivity index (χ3v) is 5.49. The number of nitrogens with one attached hydrogen (secondary N) is 2. The Morgan fingerprint density at radius 1 is 1.27 bits per heavy atom. The van der Waals surface area contributed by atoms with Gasteiger partial charge in [-0.2, -0.15) is 17.5 Å². The largest absolute Gasteiger partial charge is 0.511 e. The van der Waals surface area contributed by atoms with Gasteiger partial charge in [0.1, 0.15) is 0 Å². The first-order chi connectivity index (χ1) is 11.7. The second kappa shape index (κ2) is 12.2. The lowest BCUT2D eigenvalue weighted by Crippen LogP contribution is -2.51. The van der Waals surface area contributed by atoms with Crippen molar-refractivity contribution in [3.05, 3.63) is 0 Å². The van der Waals surface area contributed by atoms with E-state index in [0.717, 1.165) is 12.8 Å². The van der Waals surface area contributed by atoms with E-state index < -0.39 is 15.5 Å². The van der Waals surface area contributed by atoms with Gasteiger partial charge in [0.25, 0.3) is 0 Å². The molecule has 1 aliphatic heterocycles. The van der Waals surface area contributed by atoms with E-state index in [1.807, 2.05) is 6.92 Å². The molecule has 1 saturated heterocycles. The number of alkyl halides is 3. The Labute approximate surface area is 170 Å². The lowest BCUT2D eigenvalue weighted by atomic mass is 10.1. The van der Waals surface area contributed by atoms with Crippen LogP contribution in [0.4, 0.5) is 13.2 Å². The summed E-state index contributed by atoms with van der Waals surface area (Å²) in [6.45, 7) is 3.72. The van der Waals surface area contributed by atoms with Crippen molar-refractivity contribution in [1.82, 2.24) is 14.9 Å². The zero-order valence-corrected chi connectivity index (χ0v) is 18.2. The molecule has 0 saturated carbocycles. The minimum absolute atomic E-state index is 0. The summed E-state index contributed by atoms with van der Waals surface area (Å²) in [6, 6.07) is -0.116. The molecule has 0 atom stereocenters. The molecule has 0 aromatic carbocycles. The molecule has 0 radical (unpaired) electrons. The number of hydrogen-bond donors (Lipinski definition) is 2. The van der Waals surface area contributed by atoms with E-state index in [2.05, 4.69) is 15.6 Å². The van der Waals surface area contributed by atoms with Crippen LogP contribution in [-0.2, 0) is 14.8 Å². The summed E-state index contributed by atoms with van der Waals surface area (Å²) in [6.07, 6.45) is 2.41. The van der Waals surface area contributed by atoms with Crippen molar-refractivity contribution in [1.29, 1.82) is 0 Å². The summed E-state index contributed by atoms with van der Waals surface area (Å²) in [5, 5.41) is 6.25. The average Bonchev–Trinajstić information content (AvgIpc) is 2.56. The van der Waals surface area contributed by atoms with Crippen LogP contribution in [0.15, 0.2) is 4.99 Å². The molecule has 0 aliphatic carbocycles. The van der Waals surface area contributed by atoms with Crippen LogP contribution >= 0.6 is 24.0 Å². The van der Waals surface area contributed by atoms with Gasteiger partial charge in [-0.3, -0.25) is 4.99 Å². The van der Waals surface area contributed by atoms with E-state index in [1.54, 1.807) is 7.05 Å². The van der Waals surface area contributed by atoms with Crippen LogP contribution in [0.3, 0.4) is 0 Å². The number of sulfonamides is 1. The minimum atomic E-state index is -5.24. The maximum Gasteiger partial charge on any atom is 0.511 e. The Hall–Kier alpha value is -0.340. The van der Waals surface area contributed by atoms with Crippen LogP contribution in [-0.4, -0.2) is 70.1 Å². The molecule has 156 valence electrons. The smallest absolute Gasteiger partial charge is 0.382 e. The summed E-state index contributed by atoms with van der Waals surface area (Å²) in [5.41, 5.74) is -5.24. The Morgan fingerprint density at radius 2 is 1.88 bits per heavy atom. The van der Waals surface area contributed by atoms with Gasteiger partial charge < -0.3 is 15.4 Å². The van der Waals surface area contributed by atoms with Gasteiger partial charge in [0.15, 0.2) is 5.96 Å². The Balaban J connectivity index is 0.00000625. The first-order valence-corrected chi connectivity index (χ1v) is 9.77. The third-order valence-electron chi connectivity index (χ3n) is 3.86. The number of nitrogens with zero attached hydrogens (tertiary/aromatic N) is 2. The minimum Gasteiger partial charge on any atom is -0.382 e. The number of piperidine rings is 1. The average molecular weight is 516 g/mol. The van der Waals surface area contributed by atoms with Gasteiger partial charge in [-0.25, -0.2) is 8.42 Å². The zero-order chi connectivity index (χ0) is 18.9. The van der Waals surface area contributed by atoms with Crippen LogP contribution in [0.1, 0.15) is 32.6 Å². The molecule has 26 heavy (non-hydrogen) atoms. The summed E-state index contributed by atoms with van der Waals surface area (Å²) in [4.78, 5) is 4.07. The van der Waals surface area contributed by atoms with Crippen molar-refractivity contribution in [2.24, 2.45) is 4.99 Å². The molecule has 0 aromatic heterocycles. The fraction of sp³-hybridized carbons (Fsp3) is 0.929. The van der Waals surface area contributed by atoms with Gasteiger partial charge in [-0.05, 0) is 32.6 Å². The van der Waals surface area contributed by atoms with Crippen LogP contribution < -0.4 is 10.6 Å². The lowest BCUT2D eigenvalue weighted by molar-refractivity contribution is -0.0494. The third kappa shape index (κ3) is 8.13. The van der Waals surface area contributed by atoms with E-state index in [-0.39, 0.29) is 43.1 Å². The molecular weight excluding hydrogens is 488 g/mol. The van der Waals surface area contributed by atoms with E-state index in [4.69, 9.17) is 4.74 Å². The van der Waals surface area contributed by atoms with E-state index in [1.165, 1.54) is 0 Å². The highest BCUT2D eigenvalue weighted by Gasteiger charge is 2.50. The summed E-state index contributed by atoms with van der Waals surface area (Å²) >= 11 is 0. The fourth-order valence-corrected chi connectivity index (χ4v) is 3.44. The standard InChI is InChI=1S/C14H27F3N4O3S.HI/c1-3-24-11-5-4-8-19-13(18-2)20-12-6-9-21(10-7-12)25(22,23)14(15,16)17;/h12H,3-11H2,1-2H3,(H2,18,19,20);1H. The maximum atomic E-state index is 12.5. The summed E-state index contributed by atoms with van der Waals surface area (Å²) in [5.74, 6) is 0.563. The number of ether oxygens (including phenoxy) is 1. The summed E-state index contributed by atoms with van der Waals surface area (Å²) < 4.78 is 66.1. The van der Waals surface area contributed by atoms with Gasteiger partial charge in [0.2, 0.25) is 0 Å². The summed E-state index contributed by atoms with van der Waals surface area (Å²) in [7, 11) is -3.62. The molecule has 1 fully saturated rings. The predicted molar refractivity (Wildman–Crippen MR) is 105 cm³/mol. The molecule has 0 bridgehead atoms. The fourth-order valence-electron chi connectivity index (χ4n) is 2.46. The van der Waals surface area contributed by atoms with Crippen molar-refractivity contribution in [3.8, 4) is 0 Å². The second-order valence-electron chi connectivity index (χ2n) is 5.67. The van der Waals surface area contributed by atoms with E-state index in [9.17, 15) is 21.6 Å². The molecule has 0 aromatic rings. The van der Waals surface area contributed by atoms with Gasteiger partial charge in [0.05, 0.1) is 0 Å². The van der Waals surface area contributed by atoms with E-state index in [0.29, 0.717) is 42.9 Å². The van der Waals surface area contributed by atoms with Gasteiger partial charge in [0, 0.05) is 45.9 Å².